The molecule has 2 N–H and O–H groups in total. The number of ether oxygens (including phenoxy) is 1. The van der Waals surface area contributed by atoms with Gasteiger partial charge in [0.25, 0.3) is 0 Å². The van der Waals surface area contributed by atoms with Gasteiger partial charge in [-0.05, 0) is 46.5 Å². The number of nitrogens with zero attached hydrogens (tertiary/aromatic N) is 1. The van der Waals surface area contributed by atoms with Crippen molar-refractivity contribution in [3.63, 3.8) is 0 Å². The smallest absolute Gasteiger partial charge is 0.408 e. The van der Waals surface area contributed by atoms with Crippen molar-refractivity contribution >= 4 is 22.0 Å². The Hall–Kier alpha value is -1.35. The first kappa shape index (κ1) is 23.9. The Labute approximate surface area is 175 Å². The topological polar surface area (TPSA) is 105 Å². The SMILES string of the molecule is CC(C)(C)OC(=O)NC1(CNC(=O)C2CCCN(S(C)(=O)=O)C2)CCCCCC1. The minimum Gasteiger partial charge on any atom is -0.444 e. The zero-order valence-electron chi connectivity index (χ0n) is 18.3. The average molecular weight is 432 g/mol. The second-order valence-corrected chi connectivity index (χ2v) is 11.5. The first-order chi connectivity index (χ1) is 13.4. The number of sulfonamides is 1. The van der Waals surface area contributed by atoms with Crippen LogP contribution in [0.5, 0.6) is 0 Å². The lowest BCUT2D eigenvalue weighted by Crippen LogP contribution is -2.57. The number of nitrogens with one attached hydrogen (secondary N) is 2. The molecule has 2 rings (SSSR count). The van der Waals surface area contributed by atoms with Gasteiger partial charge in [0, 0.05) is 19.6 Å². The van der Waals surface area contributed by atoms with Crippen LogP contribution in [0, 0.1) is 5.92 Å². The number of rotatable bonds is 5. The summed E-state index contributed by atoms with van der Waals surface area (Å²) in [5.74, 6) is -0.504. The van der Waals surface area contributed by atoms with E-state index in [-0.39, 0.29) is 18.4 Å². The van der Waals surface area contributed by atoms with Gasteiger partial charge < -0.3 is 15.4 Å². The zero-order valence-corrected chi connectivity index (χ0v) is 19.1. The third-order valence-electron chi connectivity index (χ3n) is 5.65. The number of hydrogen-bond donors (Lipinski definition) is 2. The van der Waals surface area contributed by atoms with Gasteiger partial charge in [-0.2, -0.15) is 0 Å². The molecule has 2 amide bonds. The maximum absolute atomic E-state index is 12.8. The van der Waals surface area contributed by atoms with Crippen LogP contribution in [-0.2, 0) is 19.6 Å². The molecule has 0 aromatic rings. The number of hydrogen-bond acceptors (Lipinski definition) is 5. The molecular formula is C20H37N3O5S. The fraction of sp³-hybridized carbons (Fsp3) is 0.900. The normalized spacial score (nSPS) is 23.7. The van der Waals surface area contributed by atoms with E-state index in [1.54, 1.807) is 0 Å². The van der Waals surface area contributed by atoms with Gasteiger partial charge in [0.2, 0.25) is 15.9 Å². The minimum atomic E-state index is -3.30. The maximum Gasteiger partial charge on any atom is 0.408 e. The predicted molar refractivity (Wildman–Crippen MR) is 112 cm³/mol. The second kappa shape index (κ2) is 9.64. The highest BCUT2D eigenvalue weighted by atomic mass is 32.2. The molecule has 1 heterocycles. The van der Waals surface area contributed by atoms with Crippen LogP contribution in [0.15, 0.2) is 0 Å². The van der Waals surface area contributed by atoms with Crippen molar-refractivity contribution in [3.8, 4) is 0 Å². The molecule has 1 saturated heterocycles. The van der Waals surface area contributed by atoms with E-state index in [9.17, 15) is 18.0 Å². The Morgan fingerprint density at radius 2 is 1.72 bits per heavy atom. The molecule has 2 aliphatic rings. The lowest BCUT2D eigenvalue weighted by atomic mass is 9.89. The molecule has 1 unspecified atom stereocenters. The van der Waals surface area contributed by atoms with Crippen LogP contribution < -0.4 is 10.6 Å². The number of carbonyl (C=O) groups excluding carboxylic acids is 2. The van der Waals surface area contributed by atoms with Gasteiger partial charge >= 0.3 is 6.09 Å². The third kappa shape index (κ3) is 7.77. The summed E-state index contributed by atoms with van der Waals surface area (Å²) in [6.07, 6.45) is 7.81. The summed E-state index contributed by atoms with van der Waals surface area (Å²) >= 11 is 0. The van der Waals surface area contributed by atoms with Gasteiger partial charge in [-0.1, -0.05) is 25.7 Å². The Morgan fingerprint density at radius 3 is 2.28 bits per heavy atom. The summed E-state index contributed by atoms with van der Waals surface area (Å²) in [6.45, 7) is 6.49. The molecule has 29 heavy (non-hydrogen) atoms. The third-order valence-corrected chi connectivity index (χ3v) is 6.92. The Bertz CT molecular complexity index is 679. The van der Waals surface area contributed by atoms with Gasteiger partial charge in [-0.25, -0.2) is 17.5 Å². The molecule has 1 atom stereocenters. The first-order valence-electron chi connectivity index (χ1n) is 10.6. The van der Waals surface area contributed by atoms with Gasteiger partial charge in [0.15, 0.2) is 0 Å². The van der Waals surface area contributed by atoms with Gasteiger partial charge in [-0.3, -0.25) is 4.79 Å². The van der Waals surface area contributed by atoms with Gasteiger partial charge in [0.05, 0.1) is 17.7 Å². The second-order valence-electron chi connectivity index (χ2n) is 9.50. The Balaban J connectivity index is 2.01. The molecule has 2 fully saturated rings. The molecule has 0 spiro atoms. The van der Waals surface area contributed by atoms with Crippen LogP contribution in [0.3, 0.4) is 0 Å². The van der Waals surface area contributed by atoms with E-state index in [2.05, 4.69) is 10.6 Å². The van der Waals surface area contributed by atoms with E-state index in [4.69, 9.17) is 4.74 Å². The van der Waals surface area contributed by atoms with Crippen molar-refractivity contribution < 1.29 is 22.7 Å². The van der Waals surface area contributed by atoms with Crippen molar-refractivity contribution in [1.29, 1.82) is 0 Å². The molecule has 168 valence electrons. The predicted octanol–water partition coefficient (Wildman–Crippen LogP) is 2.39. The summed E-state index contributed by atoms with van der Waals surface area (Å²) < 4.78 is 30.5. The first-order valence-corrected chi connectivity index (χ1v) is 12.5. The molecule has 1 aliphatic carbocycles. The Morgan fingerprint density at radius 1 is 1.10 bits per heavy atom. The van der Waals surface area contributed by atoms with Crippen LogP contribution in [-0.4, -0.2) is 61.8 Å². The molecule has 9 heteroatoms. The van der Waals surface area contributed by atoms with Crippen LogP contribution in [0.4, 0.5) is 4.79 Å². The summed E-state index contributed by atoms with van der Waals surface area (Å²) in [4.78, 5) is 25.2. The van der Waals surface area contributed by atoms with Crippen LogP contribution >= 0.6 is 0 Å². The van der Waals surface area contributed by atoms with E-state index >= 15 is 0 Å². The summed E-state index contributed by atoms with van der Waals surface area (Å²) in [7, 11) is -3.30. The summed E-state index contributed by atoms with van der Waals surface area (Å²) in [5, 5.41) is 6.04. The van der Waals surface area contributed by atoms with Crippen LogP contribution in [0.1, 0.15) is 72.1 Å². The van der Waals surface area contributed by atoms with E-state index in [0.29, 0.717) is 25.9 Å². The number of amides is 2. The number of piperidine rings is 1. The average Bonchev–Trinajstić information content (AvgIpc) is 2.83. The van der Waals surface area contributed by atoms with Crippen molar-refractivity contribution in [2.75, 3.05) is 25.9 Å². The highest BCUT2D eigenvalue weighted by Gasteiger charge is 2.36. The maximum atomic E-state index is 12.8. The van der Waals surface area contributed by atoms with Crippen molar-refractivity contribution in [2.45, 2.75) is 83.3 Å². The number of alkyl carbamates (subject to hydrolysis) is 1. The highest BCUT2D eigenvalue weighted by molar-refractivity contribution is 7.88. The van der Waals surface area contributed by atoms with Gasteiger partial charge in [-0.15, -0.1) is 0 Å². The van der Waals surface area contributed by atoms with Crippen LogP contribution in [0.25, 0.3) is 0 Å². The standard InChI is InChI=1S/C20H37N3O5S/c1-19(2,3)28-18(25)22-20(11-7-5-6-8-12-20)15-21-17(24)16-10-9-13-23(14-16)29(4,26)27/h16H,5-15H2,1-4H3,(H,21,24)(H,22,25). The molecule has 8 nitrogen and oxygen atoms in total. The molecule has 0 aromatic heterocycles. The molecule has 0 bridgehead atoms. The Kier molecular flexibility index (Phi) is 7.95. The van der Waals surface area contributed by atoms with E-state index in [1.165, 1.54) is 10.6 Å². The van der Waals surface area contributed by atoms with Crippen molar-refractivity contribution in [3.05, 3.63) is 0 Å². The minimum absolute atomic E-state index is 0.145. The fourth-order valence-electron chi connectivity index (χ4n) is 4.13. The lowest BCUT2D eigenvalue weighted by Gasteiger charge is -2.36. The molecule has 1 saturated carbocycles. The molecule has 0 aromatic carbocycles. The monoisotopic (exact) mass is 431 g/mol. The van der Waals surface area contributed by atoms with Crippen molar-refractivity contribution in [1.82, 2.24) is 14.9 Å². The summed E-state index contributed by atoms with van der Waals surface area (Å²) in [6, 6.07) is 0. The van der Waals surface area contributed by atoms with E-state index < -0.39 is 27.3 Å². The molecule has 1 aliphatic heterocycles. The van der Waals surface area contributed by atoms with E-state index in [1.807, 2.05) is 20.8 Å². The van der Waals surface area contributed by atoms with Crippen LogP contribution in [0.2, 0.25) is 0 Å². The lowest BCUT2D eigenvalue weighted by molar-refractivity contribution is -0.126. The number of carbonyl (C=O) groups is 2. The zero-order chi connectivity index (χ0) is 21.7. The molecule has 0 radical (unpaired) electrons. The highest BCUT2D eigenvalue weighted by Crippen LogP contribution is 2.28. The largest absolute Gasteiger partial charge is 0.444 e. The summed E-state index contributed by atoms with van der Waals surface area (Å²) in [5.41, 5.74) is -1.11. The molecular weight excluding hydrogens is 394 g/mol. The van der Waals surface area contributed by atoms with Crippen molar-refractivity contribution in [2.24, 2.45) is 5.92 Å². The quantitative estimate of drug-likeness (QED) is 0.651. The van der Waals surface area contributed by atoms with E-state index in [0.717, 1.165) is 38.5 Å². The van der Waals surface area contributed by atoms with Gasteiger partial charge in [0.1, 0.15) is 5.60 Å². The fourth-order valence-corrected chi connectivity index (χ4v) is 5.04.